The number of rotatable bonds is 5. The number of piperazine rings is 1. The van der Waals surface area contributed by atoms with Gasteiger partial charge >= 0.3 is 0 Å². The number of nitrogens with zero attached hydrogens (tertiary/aromatic N) is 2. The normalized spacial score (nSPS) is 22.9. The fraction of sp³-hybridized carbons (Fsp3) is 0.625. The molecule has 0 radical (unpaired) electrons. The van der Waals surface area contributed by atoms with Crippen molar-refractivity contribution in [3.8, 4) is 0 Å². The third kappa shape index (κ3) is 4.03. The van der Waals surface area contributed by atoms with E-state index in [0.717, 1.165) is 32.5 Å². The van der Waals surface area contributed by atoms with Gasteiger partial charge in [-0.05, 0) is 45.0 Å². The Morgan fingerprint density at radius 3 is 2.75 bits per heavy atom. The SMILES string of the molecule is Cc1ccccc1CC(CC1CN(C)CCN1C)NN. The fourth-order valence-corrected chi connectivity index (χ4v) is 3.00. The van der Waals surface area contributed by atoms with Crippen molar-refractivity contribution in [2.24, 2.45) is 5.84 Å². The highest BCUT2D eigenvalue weighted by atomic mass is 15.3. The number of hydrazine groups is 1. The maximum Gasteiger partial charge on any atom is 0.0266 e. The van der Waals surface area contributed by atoms with Crippen LogP contribution in [0, 0.1) is 6.92 Å². The lowest BCUT2D eigenvalue weighted by molar-refractivity contribution is 0.101. The summed E-state index contributed by atoms with van der Waals surface area (Å²) >= 11 is 0. The largest absolute Gasteiger partial charge is 0.304 e. The highest BCUT2D eigenvalue weighted by Gasteiger charge is 2.25. The van der Waals surface area contributed by atoms with Crippen molar-refractivity contribution >= 4 is 0 Å². The standard InChI is InChI=1S/C16H28N4/c1-13-6-4-5-7-14(13)10-15(18-17)11-16-12-19(2)8-9-20(16)3/h4-7,15-16,18H,8-12,17H2,1-3H3. The summed E-state index contributed by atoms with van der Waals surface area (Å²) in [6.45, 7) is 5.60. The zero-order valence-electron chi connectivity index (χ0n) is 13.0. The molecule has 20 heavy (non-hydrogen) atoms. The van der Waals surface area contributed by atoms with Crippen LogP contribution in [0.2, 0.25) is 0 Å². The van der Waals surface area contributed by atoms with E-state index in [1.165, 1.54) is 11.1 Å². The maximum atomic E-state index is 5.79. The van der Waals surface area contributed by atoms with Crippen molar-refractivity contribution in [3.63, 3.8) is 0 Å². The molecule has 1 fully saturated rings. The summed E-state index contributed by atoms with van der Waals surface area (Å²) < 4.78 is 0. The minimum atomic E-state index is 0.329. The first-order valence-corrected chi connectivity index (χ1v) is 7.49. The number of benzene rings is 1. The van der Waals surface area contributed by atoms with Crippen molar-refractivity contribution in [1.82, 2.24) is 15.2 Å². The first-order valence-electron chi connectivity index (χ1n) is 7.49. The van der Waals surface area contributed by atoms with E-state index < -0.39 is 0 Å². The lowest BCUT2D eigenvalue weighted by Crippen LogP contribution is -2.53. The van der Waals surface area contributed by atoms with Crippen LogP contribution in [0.1, 0.15) is 17.5 Å². The lowest BCUT2D eigenvalue weighted by atomic mass is 9.95. The Bertz CT molecular complexity index is 421. The average molecular weight is 276 g/mol. The van der Waals surface area contributed by atoms with Crippen LogP contribution in [-0.2, 0) is 6.42 Å². The lowest BCUT2D eigenvalue weighted by Gasteiger charge is -2.39. The summed E-state index contributed by atoms with van der Waals surface area (Å²) in [6.07, 6.45) is 2.09. The molecule has 1 aromatic carbocycles. The molecule has 3 N–H and O–H groups in total. The van der Waals surface area contributed by atoms with Crippen LogP contribution in [-0.4, -0.2) is 55.6 Å². The minimum Gasteiger partial charge on any atom is -0.304 e. The number of nitrogens with two attached hydrogens (primary N) is 1. The summed E-state index contributed by atoms with van der Waals surface area (Å²) in [5, 5.41) is 0. The predicted molar refractivity (Wildman–Crippen MR) is 84.5 cm³/mol. The summed E-state index contributed by atoms with van der Waals surface area (Å²) in [5.41, 5.74) is 5.76. The molecule has 0 aromatic heterocycles. The molecule has 4 nitrogen and oxygen atoms in total. The molecule has 4 heteroatoms. The summed E-state index contributed by atoms with van der Waals surface area (Å²) in [5.74, 6) is 5.79. The Hall–Kier alpha value is -0.940. The first-order chi connectivity index (χ1) is 9.60. The van der Waals surface area contributed by atoms with Gasteiger partial charge in [0.05, 0.1) is 0 Å². The molecule has 0 amide bonds. The van der Waals surface area contributed by atoms with Gasteiger partial charge in [0.1, 0.15) is 0 Å². The Labute approximate surface area is 122 Å². The number of hydrogen-bond acceptors (Lipinski definition) is 4. The first kappa shape index (κ1) is 15.4. The minimum absolute atomic E-state index is 0.329. The van der Waals surface area contributed by atoms with E-state index in [-0.39, 0.29) is 0 Å². The molecule has 0 bridgehead atoms. The molecule has 1 aromatic rings. The van der Waals surface area contributed by atoms with Gasteiger partial charge in [-0.1, -0.05) is 24.3 Å². The molecule has 0 spiro atoms. The van der Waals surface area contributed by atoms with Crippen molar-refractivity contribution in [3.05, 3.63) is 35.4 Å². The highest BCUT2D eigenvalue weighted by molar-refractivity contribution is 5.26. The van der Waals surface area contributed by atoms with Gasteiger partial charge in [-0.3, -0.25) is 11.3 Å². The topological polar surface area (TPSA) is 44.5 Å². The molecular formula is C16H28N4. The van der Waals surface area contributed by atoms with Gasteiger partial charge in [0.2, 0.25) is 0 Å². The molecule has 2 unspecified atom stereocenters. The molecule has 0 aliphatic carbocycles. The van der Waals surface area contributed by atoms with Gasteiger partial charge in [-0.15, -0.1) is 0 Å². The van der Waals surface area contributed by atoms with E-state index in [9.17, 15) is 0 Å². The van der Waals surface area contributed by atoms with E-state index in [4.69, 9.17) is 5.84 Å². The molecule has 2 rings (SSSR count). The molecule has 2 atom stereocenters. The van der Waals surface area contributed by atoms with Gasteiger partial charge < -0.3 is 9.80 Å². The van der Waals surface area contributed by atoms with Crippen molar-refractivity contribution in [2.45, 2.75) is 31.8 Å². The summed E-state index contributed by atoms with van der Waals surface area (Å²) in [7, 11) is 4.42. The van der Waals surface area contributed by atoms with E-state index in [0.29, 0.717) is 12.1 Å². The van der Waals surface area contributed by atoms with Gasteiger partial charge in [-0.25, -0.2) is 0 Å². The third-order valence-electron chi connectivity index (χ3n) is 4.50. The van der Waals surface area contributed by atoms with Gasteiger partial charge in [0.25, 0.3) is 0 Å². The monoisotopic (exact) mass is 276 g/mol. The van der Waals surface area contributed by atoms with E-state index >= 15 is 0 Å². The number of aryl methyl sites for hydroxylation is 1. The second-order valence-corrected chi connectivity index (χ2v) is 6.13. The smallest absolute Gasteiger partial charge is 0.0266 e. The van der Waals surface area contributed by atoms with E-state index in [2.05, 4.69) is 60.5 Å². The van der Waals surface area contributed by atoms with Crippen LogP contribution in [0.25, 0.3) is 0 Å². The van der Waals surface area contributed by atoms with Gasteiger partial charge in [0.15, 0.2) is 0 Å². The van der Waals surface area contributed by atoms with Crippen molar-refractivity contribution < 1.29 is 0 Å². The predicted octanol–water partition coefficient (Wildman–Crippen LogP) is 1.01. The van der Waals surface area contributed by atoms with Crippen LogP contribution in [0.4, 0.5) is 0 Å². The number of likely N-dealkylation sites (N-methyl/N-ethyl adjacent to an activating group) is 2. The maximum absolute atomic E-state index is 5.79. The molecule has 112 valence electrons. The Morgan fingerprint density at radius 1 is 1.30 bits per heavy atom. The van der Waals surface area contributed by atoms with Crippen LogP contribution in [0.5, 0.6) is 0 Å². The Balaban J connectivity index is 1.96. The van der Waals surface area contributed by atoms with E-state index in [1.807, 2.05) is 0 Å². The second kappa shape index (κ2) is 7.18. The zero-order chi connectivity index (χ0) is 14.5. The summed E-state index contributed by atoms with van der Waals surface area (Å²) in [4.78, 5) is 4.87. The molecule has 0 saturated carbocycles. The zero-order valence-corrected chi connectivity index (χ0v) is 13.0. The van der Waals surface area contributed by atoms with Crippen molar-refractivity contribution in [2.75, 3.05) is 33.7 Å². The number of nitrogens with one attached hydrogen (secondary N) is 1. The Kier molecular flexibility index (Phi) is 5.54. The molecule has 1 saturated heterocycles. The average Bonchev–Trinajstić information content (AvgIpc) is 2.44. The van der Waals surface area contributed by atoms with Crippen LogP contribution in [0.15, 0.2) is 24.3 Å². The quantitative estimate of drug-likeness (QED) is 0.622. The molecule has 1 aliphatic rings. The van der Waals surface area contributed by atoms with Gasteiger partial charge in [0, 0.05) is 31.7 Å². The molecule has 1 heterocycles. The highest BCUT2D eigenvalue weighted by Crippen LogP contribution is 2.16. The van der Waals surface area contributed by atoms with Crippen LogP contribution in [0.3, 0.4) is 0 Å². The van der Waals surface area contributed by atoms with E-state index in [1.54, 1.807) is 0 Å². The fourth-order valence-electron chi connectivity index (χ4n) is 3.00. The van der Waals surface area contributed by atoms with Crippen LogP contribution < -0.4 is 11.3 Å². The van der Waals surface area contributed by atoms with Gasteiger partial charge in [-0.2, -0.15) is 0 Å². The molecular weight excluding hydrogens is 248 g/mol. The molecule has 1 aliphatic heterocycles. The van der Waals surface area contributed by atoms with Crippen molar-refractivity contribution in [1.29, 1.82) is 0 Å². The second-order valence-electron chi connectivity index (χ2n) is 6.13. The third-order valence-corrected chi connectivity index (χ3v) is 4.50. The summed E-state index contributed by atoms with van der Waals surface area (Å²) in [6, 6.07) is 9.48. The van der Waals surface area contributed by atoms with Crippen LogP contribution >= 0.6 is 0 Å². The number of hydrogen-bond donors (Lipinski definition) is 2. The Morgan fingerprint density at radius 2 is 2.05 bits per heavy atom.